The van der Waals surface area contributed by atoms with Crippen LogP contribution in [-0.2, 0) is 6.42 Å². The lowest BCUT2D eigenvalue weighted by Gasteiger charge is -2.15. The number of benzene rings is 1. The Morgan fingerprint density at radius 3 is 2.41 bits per heavy atom. The molecule has 0 aliphatic carbocycles. The van der Waals surface area contributed by atoms with Gasteiger partial charge in [-0.25, -0.2) is 8.78 Å². The van der Waals surface area contributed by atoms with E-state index in [0.717, 1.165) is 38.9 Å². The van der Waals surface area contributed by atoms with E-state index in [1.807, 2.05) is 26.0 Å². The van der Waals surface area contributed by atoms with Crippen LogP contribution in [0.1, 0.15) is 45.6 Å². The van der Waals surface area contributed by atoms with Gasteiger partial charge in [-0.05, 0) is 62.9 Å². The largest absolute Gasteiger partial charge is 0.292 e. The number of terminal acetylenes is 1. The minimum Gasteiger partial charge on any atom is -0.292 e. The van der Waals surface area contributed by atoms with Gasteiger partial charge in [-0.1, -0.05) is 56.2 Å². The fourth-order valence-electron chi connectivity index (χ4n) is 2.62. The molecule has 1 fully saturated rings. The minimum absolute atomic E-state index is 0.171. The minimum atomic E-state index is -0.391. The van der Waals surface area contributed by atoms with Crippen molar-refractivity contribution in [2.24, 2.45) is 0 Å². The zero-order valence-electron chi connectivity index (χ0n) is 17.0. The van der Waals surface area contributed by atoms with E-state index in [0.29, 0.717) is 0 Å². The van der Waals surface area contributed by atoms with Crippen LogP contribution in [-0.4, -0.2) is 24.5 Å². The van der Waals surface area contributed by atoms with Crippen molar-refractivity contribution in [2.75, 3.05) is 19.6 Å². The molecule has 148 valence electrons. The van der Waals surface area contributed by atoms with Crippen LogP contribution in [0.2, 0.25) is 0 Å². The van der Waals surface area contributed by atoms with Crippen molar-refractivity contribution in [3.8, 4) is 12.3 Å². The molecule has 1 heterocycles. The Kier molecular flexibility index (Phi) is 14.7. The first kappa shape index (κ1) is 24.8. The van der Waals surface area contributed by atoms with Gasteiger partial charge in [-0.15, -0.1) is 6.42 Å². The Hall–Kier alpha value is -2.18. The fraction of sp³-hybridized carbons (Fsp3) is 0.417. The lowest BCUT2D eigenvalue weighted by molar-refractivity contribution is 0.322. The number of nitrogens with zero attached hydrogens (tertiary/aromatic N) is 1. The molecule has 0 amide bonds. The van der Waals surface area contributed by atoms with Crippen LogP contribution < -0.4 is 0 Å². The molecule has 0 N–H and O–H groups in total. The molecular weight excluding hydrogens is 340 g/mol. The summed E-state index contributed by atoms with van der Waals surface area (Å²) >= 11 is 0. The quantitative estimate of drug-likeness (QED) is 0.331. The highest BCUT2D eigenvalue weighted by atomic mass is 19.1. The van der Waals surface area contributed by atoms with E-state index in [1.165, 1.54) is 35.8 Å². The first-order valence-electron chi connectivity index (χ1n) is 9.60. The normalized spacial score (nSPS) is 15.8. The van der Waals surface area contributed by atoms with Crippen LogP contribution in [0.4, 0.5) is 8.78 Å². The van der Waals surface area contributed by atoms with E-state index in [4.69, 9.17) is 6.42 Å². The van der Waals surface area contributed by atoms with Crippen molar-refractivity contribution in [3.63, 3.8) is 0 Å². The van der Waals surface area contributed by atoms with Gasteiger partial charge in [0.2, 0.25) is 0 Å². The highest BCUT2D eigenvalue weighted by molar-refractivity contribution is 5.20. The first-order chi connectivity index (χ1) is 13.0. The number of allylic oxidation sites excluding steroid dienone is 4. The van der Waals surface area contributed by atoms with Crippen LogP contribution in [0.25, 0.3) is 0 Å². The number of hydrogen-bond acceptors (Lipinski definition) is 1. The van der Waals surface area contributed by atoms with Gasteiger partial charge in [0.15, 0.2) is 0 Å². The summed E-state index contributed by atoms with van der Waals surface area (Å²) in [5.41, 5.74) is 2.67. The second-order valence-corrected chi connectivity index (χ2v) is 5.97. The summed E-state index contributed by atoms with van der Waals surface area (Å²) in [6.07, 6.45) is 14.9. The summed E-state index contributed by atoms with van der Waals surface area (Å²) in [5.74, 6) is 2.15. The Morgan fingerprint density at radius 2 is 1.89 bits per heavy atom. The zero-order chi connectivity index (χ0) is 20.5. The Morgan fingerprint density at radius 1 is 1.22 bits per heavy atom. The van der Waals surface area contributed by atoms with Gasteiger partial charge < -0.3 is 0 Å². The highest BCUT2D eigenvalue weighted by Gasteiger charge is 2.10. The van der Waals surface area contributed by atoms with Gasteiger partial charge in [0.1, 0.15) is 11.6 Å². The van der Waals surface area contributed by atoms with Crippen LogP contribution in [0.3, 0.4) is 0 Å². The van der Waals surface area contributed by atoms with Crippen LogP contribution in [0.5, 0.6) is 0 Å². The zero-order valence-corrected chi connectivity index (χ0v) is 17.0. The summed E-state index contributed by atoms with van der Waals surface area (Å²) in [7, 11) is 0. The second-order valence-electron chi connectivity index (χ2n) is 5.97. The van der Waals surface area contributed by atoms with Crippen molar-refractivity contribution in [1.82, 2.24) is 4.90 Å². The number of rotatable bonds is 4. The molecule has 0 atom stereocenters. The average molecular weight is 374 g/mol. The molecule has 0 aromatic heterocycles. The summed E-state index contributed by atoms with van der Waals surface area (Å²) in [4.78, 5) is 2.33. The molecule has 1 nitrogen and oxygen atoms in total. The Balaban J connectivity index is 0.000000722. The standard InChI is InChI=1S/C17H20FN.C5H7F.C2H6/c1-2-12-19-13-3-4-15(11-14-19)5-6-16-7-9-17(18)10-8-16;1-3-4-5(2)6;1-2/h1,5,7-10H,3-4,6,11-14H2;3-4H,2H2,1H3;1-2H3/b15-5+;4-3-;. The smallest absolute Gasteiger partial charge is 0.123 e. The first-order valence-corrected chi connectivity index (χ1v) is 9.60. The number of likely N-dealkylation sites (tertiary alicyclic amines) is 1. The van der Waals surface area contributed by atoms with Crippen molar-refractivity contribution in [3.05, 3.63) is 71.9 Å². The number of halogens is 2. The molecular formula is C24H33F2N. The molecule has 0 radical (unpaired) electrons. The average Bonchev–Trinajstić information content (AvgIpc) is 2.89. The molecule has 27 heavy (non-hydrogen) atoms. The SMILES string of the molecule is C#CCN1CCC/C(=C\Cc2ccc(F)cc2)CC1.C=C(F)/C=C\C.CC. The topological polar surface area (TPSA) is 3.24 Å². The second kappa shape index (κ2) is 16.0. The summed E-state index contributed by atoms with van der Waals surface area (Å²) in [6.45, 7) is 11.6. The van der Waals surface area contributed by atoms with E-state index in [2.05, 4.69) is 23.5 Å². The lowest BCUT2D eigenvalue weighted by Crippen LogP contribution is -2.24. The molecule has 0 unspecified atom stereocenters. The predicted octanol–water partition coefficient (Wildman–Crippen LogP) is 6.49. The predicted molar refractivity (Wildman–Crippen MR) is 114 cm³/mol. The molecule has 0 saturated carbocycles. The maximum absolute atomic E-state index is 12.8. The maximum atomic E-state index is 12.8. The molecule has 2 rings (SSSR count). The van der Waals surface area contributed by atoms with Crippen molar-refractivity contribution < 1.29 is 8.78 Å². The summed E-state index contributed by atoms with van der Waals surface area (Å²) in [6, 6.07) is 6.76. The van der Waals surface area contributed by atoms with Crippen molar-refractivity contribution >= 4 is 0 Å². The summed E-state index contributed by atoms with van der Waals surface area (Å²) < 4.78 is 24.2. The van der Waals surface area contributed by atoms with Crippen LogP contribution in [0, 0.1) is 18.2 Å². The van der Waals surface area contributed by atoms with E-state index in [1.54, 1.807) is 13.0 Å². The third-order valence-corrected chi connectivity index (χ3v) is 3.92. The van der Waals surface area contributed by atoms with Gasteiger partial charge in [-0.2, -0.15) is 0 Å². The molecule has 1 aliphatic heterocycles. The molecule has 0 bridgehead atoms. The molecule has 1 aliphatic rings. The molecule has 1 aromatic carbocycles. The monoisotopic (exact) mass is 373 g/mol. The third kappa shape index (κ3) is 12.8. The van der Waals surface area contributed by atoms with E-state index >= 15 is 0 Å². The van der Waals surface area contributed by atoms with Gasteiger partial charge in [0.05, 0.1) is 6.54 Å². The molecule has 3 heteroatoms. The maximum Gasteiger partial charge on any atom is 0.123 e. The van der Waals surface area contributed by atoms with Crippen molar-refractivity contribution in [2.45, 2.75) is 46.5 Å². The van der Waals surface area contributed by atoms with E-state index < -0.39 is 5.83 Å². The fourth-order valence-corrected chi connectivity index (χ4v) is 2.62. The van der Waals surface area contributed by atoms with Gasteiger partial charge in [0.25, 0.3) is 0 Å². The third-order valence-electron chi connectivity index (χ3n) is 3.92. The molecule has 1 aromatic rings. The number of hydrogen-bond donors (Lipinski definition) is 0. The van der Waals surface area contributed by atoms with Gasteiger partial charge in [-0.3, -0.25) is 4.90 Å². The van der Waals surface area contributed by atoms with Crippen LogP contribution in [0.15, 0.2) is 60.5 Å². The van der Waals surface area contributed by atoms with Crippen molar-refractivity contribution in [1.29, 1.82) is 0 Å². The molecule has 1 saturated heterocycles. The molecule has 0 spiro atoms. The van der Waals surface area contributed by atoms with E-state index in [9.17, 15) is 8.78 Å². The Labute approximate surface area is 164 Å². The lowest BCUT2D eigenvalue weighted by atomic mass is 10.0. The van der Waals surface area contributed by atoms with Gasteiger partial charge >= 0.3 is 0 Å². The Bertz CT molecular complexity index is 621. The summed E-state index contributed by atoms with van der Waals surface area (Å²) in [5, 5.41) is 0. The van der Waals surface area contributed by atoms with Crippen LogP contribution >= 0.6 is 0 Å². The van der Waals surface area contributed by atoms with Gasteiger partial charge in [0, 0.05) is 6.54 Å². The van der Waals surface area contributed by atoms with E-state index in [-0.39, 0.29) is 5.82 Å². The highest BCUT2D eigenvalue weighted by Crippen LogP contribution is 2.17.